The fourth-order valence-corrected chi connectivity index (χ4v) is 2.66. The molecule has 1 unspecified atom stereocenters. The Balaban J connectivity index is 2.96. The number of aliphatic hydroxyl groups excluding tert-OH is 1. The molecule has 1 N–H and O–H groups in total. The van der Waals surface area contributed by atoms with Crippen molar-refractivity contribution in [3.63, 3.8) is 0 Å². The highest BCUT2D eigenvalue weighted by Crippen LogP contribution is 2.28. The molecule has 1 atom stereocenters. The maximum Gasteiger partial charge on any atom is 0.150 e. The molecule has 16 heavy (non-hydrogen) atoms. The van der Waals surface area contributed by atoms with Crippen molar-refractivity contribution in [2.75, 3.05) is 19.1 Å². The monoisotopic (exact) mass is 308 g/mol. The molecule has 0 saturated carbocycles. The quantitative estimate of drug-likeness (QED) is 0.916. The van der Waals surface area contributed by atoms with Crippen molar-refractivity contribution in [3.05, 3.63) is 28.2 Å². The first-order chi connectivity index (χ1) is 7.33. The van der Waals surface area contributed by atoms with Gasteiger partial charge in [0.05, 0.1) is 19.0 Å². The first kappa shape index (κ1) is 13.5. The van der Waals surface area contributed by atoms with Gasteiger partial charge in [-0.25, -0.2) is 8.42 Å². The molecule has 0 amide bonds. The van der Waals surface area contributed by atoms with E-state index in [1.54, 1.807) is 18.2 Å². The van der Waals surface area contributed by atoms with E-state index >= 15 is 0 Å². The minimum absolute atomic E-state index is 0.294. The predicted octanol–water partition coefficient (Wildman–Crippen LogP) is 1.54. The Morgan fingerprint density at radius 3 is 2.56 bits per heavy atom. The largest absolute Gasteiger partial charge is 0.497 e. The van der Waals surface area contributed by atoms with Gasteiger partial charge in [0.15, 0.2) is 0 Å². The summed E-state index contributed by atoms with van der Waals surface area (Å²) in [4.78, 5) is 0. The van der Waals surface area contributed by atoms with Gasteiger partial charge in [-0.3, -0.25) is 0 Å². The number of halogens is 1. The molecule has 0 aliphatic carbocycles. The third kappa shape index (κ3) is 3.77. The standard InChI is InChI=1S/C10H13BrO4S/c1-15-7-3-4-8(9(11)5-7)10(12)6-16(2,13)14/h3-5,10,12H,6H2,1-2H3. The van der Waals surface area contributed by atoms with Gasteiger partial charge in [0, 0.05) is 10.7 Å². The van der Waals surface area contributed by atoms with Gasteiger partial charge in [-0.1, -0.05) is 22.0 Å². The van der Waals surface area contributed by atoms with Crippen molar-refractivity contribution in [1.29, 1.82) is 0 Å². The first-order valence-corrected chi connectivity index (χ1v) is 7.38. The second-order valence-corrected chi connectivity index (χ2v) is 6.53. The first-order valence-electron chi connectivity index (χ1n) is 4.52. The van der Waals surface area contributed by atoms with Crippen LogP contribution in [0.25, 0.3) is 0 Å². The summed E-state index contributed by atoms with van der Waals surface area (Å²) < 4.78 is 27.7. The van der Waals surface area contributed by atoms with E-state index in [9.17, 15) is 13.5 Å². The molecule has 1 aromatic carbocycles. The van der Waals surface area contributed by atoms with Crippen LogP contribution in [-0.2, 0) is 9.84 Å². The Hall–Kier alpha value is -0.590. The molecule has 0 saturated heterocycles. The lowest BCUT2D eigenvalue weighted by Crippen LogP contribution is -2.13. The van der Waals surface area contributed by atoms with Crippen molar-refractivity contribution in [2.24, 2.45) is 0 Å². The average Bonchev–Trinajstić information content (AvgIpc) is 2.14. The molecule has 0 heterocycles. The van der Waals surface area contributed by atoms with Crippen LogP contribution in [0.2, 0.25) is 0 Å². The van der Waals surface area contributed by atoms with Crippen molar-refractivity contribution < 1.29 is 18.3 Å². The normalized spacial score (nSPS) is 13.5. The second-order valence-electron chi connectivity index (χ2n) is 3.50. The number of rotatable bonds is 4. The fourth-order valence-electron chi connectivity index (χ4n) is 1.28. The number of hydrogen-bond acceptors (Lipinski definition) is 4. The van der Waals surface area contributed by atoms with Gasteiger partial charge in [-0.2, -0.15) is 0 Å². The van der Waals surface area contributed by atoms with Crippen molar-refractivity contribution >= 4 is 25.8 Å². The number of benzene rings is 1. The van der Waals surface area contributed by atoms with Crippen LogP contribution in [0.3, 0.4) is 0 Å². The van der Waals surface area contributed by atoms with Crippen LogP contribution >= 0.6 is 15.9 Å². The zero-order valence-corrected chi connectivity index (χ0v) is 11.4. The van der Waals surface area contributed by atoms with Crippen LogP contribution in [0, 0.1) is 0 Å². The zero-order valence-electron chi connectivity index (χ0n) is 8.97. The molecule has 0 radical (unpaired) electrons. The van der Waals surface area contributed by atoms with Crippen LogP contribution in [0.1, 0.15) is 11.7 Å². The molecule has 4 nitrogen and oxygen atoms in total. The minimum Gasteiger partial charge on any atom is -0.497 e. The smallest absolute Gasteiger partial charge is 0.150 e. The number of sulfone groups is 1. The van der Waals surface area contributed by atoms with Crippen molar-refractivity contribution in [1.82, 2.24) is 0 Å². The Labute approximate surface area is 103 Å². The lowest BCUT2D eigenvalue weighted by molar-refractivity contribution is 0.201. The number of aliphatic hydroxyl groups is 1. The van der Waals surface area contributed by atoms with Gasteiger partial charge < -0.3 is 9.84 Å². The maximum absolute atomic E-state index is 11.0. The van der Waals surface area contributed by atoms with Gasteiger partial charge >= 0.3 is 0 Å². The second kappa shape index (κ2) is 5.16. The molecule has 0 aromatic heterocycles. The predicted molar refractivity (Wildman–Crippen MR) is 65.4 cm³/mol. The Morgan fingerprint density at radius 2 is 2.12 bits per heavy atom. The summed E-state index contributed by atoms with van der Waals surface area (Å²) in [6, 6.07) is 4.99. The SMILES string of the molecule is COc1ccc(C(O)CS(C)(=O)=O)c(Br)c1. The third-order valence-electron chi connectivity index (χ3n) is 2.03. The summed E-state index contributed by atoms with van der Waals surface area (Å²) >= 11 is 3.26. The molecule has 0 spiro atoms. The van der Waals surface area contributed by atoms with E-state index in [0.29, 0.717) is 15.8 Å². The Kier molecular flexibility index (Phi) is 4.35. The van der Waals surface area contributed by atoms with E-state index in [1.807, 2.05) is 0 Å². The van der Waals surface area contributed by atoms with Gasteiger partial charge in [0.25, 0.3) is 0 Å². The van der Waals surface area contributed by atoms with Crippen LogP contribution in [0.5, 0.6) is 5.75 Å². The number of methoxy groups -OCH3 is 1. The van der Waals surface area contributed by atoms with E-state index in [4.69, 9.17) is 4.74 Å². The van der Waals surface area contributed by atoms with Crippen LogP contribution in [0.4, 0.5) is 0 Å². The Bertz CT molecular complexity index is 470. The zero-order chi connectivity index (χ0) is 12.3. The molecule has 0 fully saturated rings. The molecule has 1 rings (SSSR count). The van der Waals surface area contributed by atoms with E-state index in [1.165, 1.54) is 7.11 Å². The fraction of sp³-hybridized carbons (Fsp3) is 0.400. The molecule has 90 valence electrons. The summed E-state index contributed by atoms with van der Waals surface area (Å²) in [7, 11) is -1.67. The summed E-state index contributed by atoms with van der Waals surface area (Å²) in [5.74, 6) is 0.347. The summed E-state index contributed by atoms with van der Waals surface area (Å²) in [6.45, 7) is 0. The lowest BCUT2D eigenvalue weighted by atomic mass is 10.1. The molecular weight excluding hydrogens is 296 g/mol. The summed E-state index contributed by atoms with van der Waals surface area (Å²) in [5, 5.41) is 9.75. The van der Waals surface area contributed by atoms with E-state index < -0.39 is 15.9 Å². The molecule has 0 aliphatic rings. The molecular formula is C10H13BrO4S. The third-order valence-corrected chi connectivity index (χ3v) is 3.64. The van der Waals surface area contributed by atoms with E-state index in [-0.39, 0.29) is 5.75 Å². The molecule has 0 bridgehead atoms. The highest BCUT2D eigenvalue weighted by molar-refractivity contribution is 9.10. The van der Waals surface area contributed by atoms with Gasteiger partial charge in [0.1, 0.15) is 15.6 Å². The Morgan fingerprint density at radius 1 is 1.50 bits per heavy atom. The van der Waals surface area contributed by atoms with Crippen LogP contribution in [0.15, 0.2) is 22.7 Å². The maximum atomic E-state index is 11.0. The van der Waals surface area contributed by atoms with Crippen molar-refractivity contribution in [2.45, 2.75) is 6.10 Å². The highest BCUT2D eigenvalue weighted by atomic mass is 79.9. The van der Waals surface area contributed by atoms with Crippen molar-refractivity contribution in [3.8, 4) is 5.75 Å². The topological polar surface area (TPSA) is 63.6 Å². The van der Waals surface area contributed by atoms with E-state index in [2.05, 4.69) is 15.9 Å². The van der Waals surface area contributed by atoms with E-state index in [0.717, 1.165) is 6.26 Å². The summed E-state index contributed by atoms with van der Waals surface area (Å²) in [5.41, 5.74) is 0.534. The summed E-state index contributed by atoms with van der Waals surface area (Å²) in [6.07, 6.45) is 0.0588. The number of ether oxygens (including phenoxy) is 1. The van der Waals surface area contributed by atoms with Gasteiger partial charge in [-0.05, 0) is 17.7 Å². The molecule has 1 aromatic rings. The molecule has 6 heteroatoms. The molecule has 0 aliphatic heterocycles. The van der Waals surface area contributed by atoms with Gasteiger partial charge in [-0.15, -0.1) is 0 Å². The van der Waals surface area contributed by atoms with Crippen LogP contribution < -0.4 is 4.74 Å². The minimum atomic E-state index is -3.21. The lowest BCUT2D eigenvalue weighted by Gasteiger charge is -2.12. The number of hydrogen-bond donors (Lipinski definition) is 1. The van der Waals surface area contributed by atoms with Gasteiger partial charge in [0.2, 0.25) is 0 Å². The van der Waals surface area contributed by atoms with Crippen LogP contribution in [-0.4, -0.2) is 32.6 Å². The highest BCUT2D eigenvalue weighted by Gasteiger charge is 2.17. The average molecular weight is 309 g/mol.